The molecule has 1 saturated carbocycles. The van der Waals surface area contributed by atoms with Gasteiger partial charge < -0.3 is 15.2 Å². The van der Waals surface area contributed by atoms with Crippen molar-refractivity contribution in [3.05, 3.63) is 93.9 Å². The minimum absolute atomic E-state index is 0.107. The van der Waals surface area contributed by atoms with Gasteiger partial charge in [-0.1, -0.05) is 17.7 Å². The number of carbonyl (C=O) groups excluding carboxylic acids is 2. The third-order valence-electron chi connectivity index (χ3n) is 6.14. The first-order valence-corrected chi connectivity index (χ1v) is 12.5. The van der Waals surface area contributed by atoms with Gasteiger partial charge in [-0.05, 0) is 55.3 Å². The van der Waals surface area contributed by atoms with Crippen LogP contribution in [0.1, 0.15) is 52.5 Å². The Balaban J connectivity index is 0.000000195. The van der Waals surface area contributed by atoms with Crippen molar-refractivity contribution in [2.24, 2.45) is 0 Å². The van der Waals surface area contributed by atoms with Crippen LogP contribution in [0.3, 0.4) is 0 Å². The SMILES string of the molecule is CC(=O)N(Cc1ccc(Cc2cncc(C=O)c2)cn1)C1CC1.CNCc1cc2c(Cl)c[nH]c2cc1F. The van der Waals surface area contributed by atoms with Crippen molar-refractivity contribution < 1.29 is 14.0 Å². The molecule has 192 valence electrons. The standard InChI is InChI=1S/C18H19N3O2.C10H10ClFN2/c1-13(23)21(18-4-5-18)11-17-3-2-14(10-20-17)6-15-7-16(12-22)9-19-8-15;1-13-4-6-2-7-8(11)5-14-10(7)3-9(6)12/h2-3,7-10,12,18H,4-6,11H2,1H3;2-3,5,13-14H,4H2,1H3. The van der Waals surface area contributed by atoms with Gasteiger partial charge in [0.2, 0.25) is 5.91 Å². The molecule has 0 bridgehead atoms. The molecule has 4 aromatic rings. The van der Waals surface area contributed by atoms with Crippen LogP contribution in [-0.4, -0.2) is 45.1 Å². The summed E-state index contributed by atoms with van der Waals surface area (Å²) in [7, 11) is 1.78. The first-order valence-electron chi connectivity index (χ1n) is 12.1. The number of halogens is 2. The lowest BCUT2D eigenvalue weighted by molar-refractivity contribution is -0.130. The Kier molecular flexibility index (Phi) is 8.63. The van der Waals surface area contributed by atoms with Gasteiger partial charge in [0.25, 0.3) is 0 Å². The molecule has 0 aliphatic heterocycles. The zero-order chi connectivity index (χ0) is 26.4. The fourth-order valence-corrected chi connectivity index (χ4v) is 4.31. The highest BCUT2D eigenvalue weighted by Gasteiger charge is 2.30. The molecule has 0 unspecified atom stereocenters. The van der Waals surface area contributed by atoms with Gasteiger partial charge >= 0.3 is 0 Å². The number of aromatic amines is 1. The largest absolute Gasteiger partial charge is 0.360 e. The summed E-state index contributed by atoms with van der Waals surface area (Å²) in [6.07, 6.45) is 10.5. The Morgan fingerprint density at radius 3 is 2.68 bits per heavy atom. The predicted molar refractivity (Wildman–Crippen MR) is 142 cm³/mol. The molecule has 1 aromatic carbocycles. The number of aldehydes is 1. The molecule has 1 amide bonds. The van der Waals surface area contributed by atoms with Crippen LogP contribution in [0, 0.1) is 5.82 Å². The average molecular weight is 522 g/mol. The van der Waals surface area contributed by atoms with Crippen molar-refractivity contribution in [1.29, 1.82) is 0 Å². The molecule has 9 heteroatoms. The van der Waals surface area contributed by atoms with Crippen LogP contribution in [0.4, 0.5) is 4.39 Å². The summed E-state index contributed by atoms with van der Waals surface area (Å²) in [6.45, 7) is 2.69. The third kappa shape index (κ3) is 6.99. The second kappa shape index (κ2) is 12.1. The monoisotopic (exact) mass is 521 g/mol. The molecule has 1 aliphatic rings. The minimum Gasteiger partial charge on any atom is -0.360 e. The Labute approximate surface area is 220 Å². The first kappa shape index (κ1) is 26.4. The lowest BCUT2D eigenvalue weighted by atomic mass is 10.1. The molecule has 2 N–H and O–H groups in total. The van der Waals surface area contributed by atoms with Gasteiger partial charge in [0.05, 0.1) is 17.3 Å². The Morgan fingerprint density at radius 1 is 1.22 bits per heavy atom. The van der Waals surface area contributed by atoms with Gasteiger partial charge in [-0.2, -0.15) is 0 Å². The van der Waals surface area contributed by atoms with Crippen LogP contribution in [0.2, 0.25) is 5.02 Å². The van der Waals surface area contributed by atoms with Gasteiger partial charge in [-0.15, -0.1) is 0 Å². The molecule has 0 saturated heterocycles. The summed E-state index contributed by atoms with van der Waals surface area (Å²) in [4.78, 5) is 35.8. The number of hydrogen-bond acceptors (Lipinski definition) is 5. The number of nitrogens with zero attached hydrogens (tertiary/aromatic N) is 3. The summed E-state index contributed by atoms with van der Waals surface area (Å²) in [5.74, 6) is -0.111. The zero-order valence-electron chi connectivity index (χ0n) is 20.8. The van der Waals surface area contributed by atoms with E-state index < -0.39 is 0 Å². The Bertz CT molecular complexity index is 1390. The summed E-state index contributed by atoms with van der Waals surface area (Å²) >= 11 is 5.92. The summed E-state index contributed by atoms with van der Waals surface area (Å²) < 4.78 is 13.4. The molecular formula is C28H29ClFN5O2. The second-order valence-electron chi connectivity index (χ2n) is 9.11. The quantitative estimate of drug-likeness (QED) is 0.316. The smallest absolute Gasteiger partial charge is 0.220 e. The van der Waals surface area contributed by atoms with Crippen LogP contribution in [0.25, 0.3) is 10.9 Å². The predicted octanol–water partition coefficient (Wildman–Crippen LogP) is 5.07. The number of carbonyl (C=O) groups is 2. The van der Waals surface area contributed by atoms with Crippen LogP contribution >= 0.6 is 11.6 Å². The number of rotatable bonds is 8. The number of hydrogen-bond donors (Lipinski definition) is 2. The molecule has 0 radical (unpaired) electrons. The van der Waals surface area contributed by atoms with E-state index in [2.05, 4.69) is 20.3 Å². The maximum atomic E-state index is 13.4. The van der Waals surface area contributed by atoms with E-state index in [1.807, 2.05) is 29.3 Å². The van der Waals surface area contributed by atoms with Crippen LogP contribution in [0.15, 0.2) is 55.1 Å². The van der Waals surface area contributed by atoms with E-state index in [1.54, 1.807) is 38.6 Å². The van der Waals surface area contributed by atoms with E-state index in [0.717, 1.165) is 46.9 Å². The molecule has 1 fully saturated rings. The fourth-order valence-electron chi connectivity index (χ4n) is 4.10. The van der Waals surface area contributed by atoms with Gasteiger partial charge in [0.1, 0.15) is 5.82 Å². The van der Waals surface area contributed by atoms with Gasteiger partial charge in [-0.3, -0.25) is 19.6 Å². The highest BCUT2D eigenvalue weighted by atomic mass is 35.5. The first-order chi connectivity index (χ1) is 17.9. The van der Waals surface area contributed by atoms with E-state index in [1.165, 1.54) is 6.07 Å². The second-order valence-corrected chi connectivity index (χ2v) is 9.52. The van der Waals surface area contributed by atoms with E-state index in [4.69, 9.17) is 11.6 Å². The fraction of sp³-hybridized carbons (Fsp3) is 0.286. The maximum absolute atomic E-state index is 13.4. The van der Waals surface area contributed by atoms with E-state index in [-0.39, 0.29) is 11.7 Å². The van der Waals surface area contributed by atoms with Gasteiger partial charge in [0, 0.05) is 72.7 Å². The Hall–Kier alpha value is -3.62. The molecule has 37 heavy (non-hydrogen) atoms. The van der Waals surface area contributed by atoms with Crippen molar-refractivity contribution in [2.45, 2.75) is 45.3 Å². The van der Waals surface area contributed by atoms with Crippen molar-refractivity contribution in [3.8, 4) is 0 Å². The molecule has 1 aliphatic carbocycles. The van der Waals surface area contributed by atoms with Gasteiger partial charge in [0.15, 0.2) is 6.29 Å². The van der Waals surface area contributed by atoms with E-state index >= 15 is 0 Å². The molecule has 7 nitrogen and oxygen atoms in total. The number of nitrogens with one attached hydrogen (secondary N) is 2. The van der Waals surface area contributed by atoms with Crippen LogP contribution in [-0.2, 0) is 24.3 Å². The number of pyridine rings is 2. The highest BCUT2D eigenvalue weighted by molar-refractivity contribution is 6.35. The van der Waals surface area contributed by atoms with Crippen LogP contribution in [0.5, 0.6) is 0 Å². The van der Waals surface area contributed by atoms with E-state index in [0.29, 0.717) is 41.7 Å². The third-order valence-corrected chi connectivity index (χ3v) is 6.45. The number of H-pyrrole nitrogens is 1. The molecule has 3 heterocycles. The van der Waals surface area contributed by atoms with Crippen molar-refractivity contribution in [2.75, 3.05) is 7.05 Å². The normalized spacial score (nSPS) is 12.6. The van der Waals surface area contributed by atoms with Gasteiger partial charge in [-0.25, -0.2) is 4.39 Å². The molecule has 5 rings (SSSR count). The lowest BCUT2D eigenvalue weighted by Crippen LogP contribution is -2.30. The number of fused-ring (bicyclic) bond motifs is 1. The minimum atomic E-state index is -0.217. The number of amides is 1. The zero-order valence-corrected chi connectivity index (χ0v) is 21.6. The summed E-state index contributed by atoms with van der Waals surface area (Å²) in [5, 5.41) is 4.39. The molecule has 0 spiro atoms. The molecule has 3 aromatic heterocycles. The number of benzene rings is 1. The lowest BCUT2D eigenvalue weighted by Gasteiger charge is -2.20. The maximum Gasteiger partial charge on any atom is 0.220 e. The molecular weight excluding hydrogens is 493 g/mol. The molecule has 0 atom stereocenters. The Morgan fingerprint density at radius 2 is 2.03 bits per heavy atom. The van der Waals surface area contributed by atoms with Crippen LogP contribution < -0.4 is 5.32 Å². The summed E-state index contributed by atoms with van der Waals surface area (Å²) in [5.41, 5.74) is 4.87. The van der Waals surface area contributed by atoms with E-state index in [9.17, 15) is 14.0 Å². The van der Waals surface area contributed by atoms with Crippen molar-refractivity contribution >= 4 is 34.7 Å². The summed E-state index contributed by atoms with van der Waals surface area (Å²) in [6, 6.07) is 9.43. The highest BCUT2D eigenvalue weighted by Crippen LogP contribution is 2.28. The van der Waals surface area contributed by atoms with Crippen molar-refractivity contribution in [3.63, 3.8) is 0 Å². The topological polar surface area (TPSA) is 91.0 Å². The number of aromatic nitrogens is 3. The van der Waals surface area contributed by atoms with Crippen molar-refractivity contribution in [1.82, 2.24) is 25.2 Å². The average Bonchev–Trinajstić information content (AvgIpc) is 3.68.